The molecule has 0 aromatic heterocycles. The van der Waals surface area contributed by atoms with Gasteiger partial charge in [-0.25, -0.2) is 0 Å². The maximum atomic E-state index is 3.76. The third-order valence-electron chi connectivity index (χ3n) is 4.61. The highest BCUT2D eigenvalue weighted by molar-refractivity contribution is 5.55. The molecule has 0 radical (unpaired) electrons. The van der Waals surface area contributed by atoms with E-state index in [0.29, 0.717) is 6.04 Å². The molecule has 2 unspecified atom stereocenters. The van der Waals surface area contributed by atoms with Crippen molar-refractivity contribution in [3.05, 3.63) is 29.8 Å². The van der Waals surface area contributed by atoms with Crippen LogP contribution in [0.25, 0.3) is 0 Å². The van der Waals surface area contributed by atoms with E-state index in [1.807, 2.05) is 0 Å². The van der Waals surface area contributed by atoms with Gasteiger partial charge in [0.2, 0.25) is 0 Å². The Balaban J connectivity index is 2.07. The average Bonchev–Trinajstić information content (AvgIpc) is 2.50. The Morgan fingerprint density at radius 3 is 2.80 bits per heavy atom. The van der Waals surface area contributed by atoms with Crippen LogP contribution in [0.3, 0.4) is 0 Å². The Morgan fingerprint density at radius 1 is 1.25 bits per heavy atom. The van der Waals surface area contributed by atoms with Crippen LogP contribution in [0, 0.1) is 5.92 Å². The third-order valence-corrected chi connectivity index (χ3v) is 4.61. The Morgan fingerprint density at radius 2 is 2.05 bits per heavy atom. The molecule has 112 valence electrons. The maximum absolute atomic E-state index is 3.76. The summed E-state index contributed by atoms with van der Waals surface area (Å²) in [5.41, 5.74) is 2.99. The second-order valence-corrected chi connectivity index (χ2v) is 6.12. The van der Waals surface area contributed by atoms with E-state index in [-0.39, 0.29) is 0 Å². The van der Waals surface area contributed by atoms with E-state index >= 15 is 0 Å². The first-order chi connectivity index (χ1) is 9.76. The van der Waals surface area contributed by atoms with Crippen LogP contribution in [0.15, 0.2) is 24.3 Å². The van der Waals surface area contributed by atoms with Crippen LogP contribution >= 0.6 is 0 Å². The Kier molecular flexibility index (Phi) is 5.90. The lowest BCUT2D eigenvalue weighted by Gasteiger charge is -2.36. The van der Waals surface area contributed by atoms with Crippen molar-refractivity contribution < 1.29 is 0 Å². The molecule has 1 N–H and O–H groups in total. The first-order valence-corrected chi connectivity index (χ1v) is 8.32. The molecule has 0 amide bonds. The van der Waals surface area contributed by atoms with Gasteiger partial charge < -0.3 is 10.2 Å². The van der Waals surface area contributed by atoms with Crippen molar-refractivity contribution in [2.45, 2.75) is 52.5 Å². The highest BCUT2D eigenvalue weighted by Crippen LogP contribution is 2.27. The molecule has 0 saturated heterocycles. The number of para-hydroxylation sites is 1. The van der Waals surface area contributed by atoms with Crippen LogP contribution in [-0.4, -0.2) is 25.7 Å². The van der Waals surface area contributed by atoms with Crippen LogP contribution in [0.4, 0.5) is 5.69 Å². The normalized spacial score (nSPS) is 17.6. The van der Waals surface area contributed by atoms with Crippen molar-refractivity contribution in [3.8, 4) is 0 Å². The van der Waals surface area contributed by atoms with Gasteiger partial charge in [-0.3, -0.25) is 0 Å². The molecule has 1 aliphatic heterocycles. The molecule has 2 atom stereocenters. The summed E-state index contributed by atoms with van der Waals surface area (Å²) in [6.45, 7) is 10.4. The summed E-state index contributed by atoms with van der Waals surface area (Å²) in [4.78, 5) is 2.60. The van der Waals surface area contributed by atoms with E-state index in [1.165, 1.54) is 43.5 Å². The largest absolute Gasteiger partial charge is 0.370 e. The Labute approximate surface area is 124 Å². The number of nitrogens with zero attached hydrogens (tertiary/aromatic N) is 1. The number of rotatable bonds is 7. The Hall–Kier alpha value is -1.02. The zero-order valence-electron chi connectivity index (χ0n) is 13.4. The predicted molar refractivity (Wildman–Crippen MR) is 88.5 cm³/mol. The van der Waals surface area contributed by atoms with E-state index in [9.17, 15) is 0 Å². The molecular formula is C18H30N2. The van der Waals surface area contributed by atoms with Crippen LogP contribution < -0.4 is 10.2 Å². The monoisotopic (exact) mass is 274 g/mol. The van der Waals surface area contributed by atoms with Gasteiger partial charge in [0.25, 0.3) is 0 Å². The van der Waals surface area contributed by atoms with Gasteiger partial charge in [0.05, 0.1) is 0 Å². The first-order valence-electron chi connectivity index (χ1n) is 8.32. The molecule has 0 fully saturated rings. The summed E-state index contributed by atoms with van der Waals surface area (Å²) >= 11 is 0. The molecular weight excluding hydrogens is 244 g/mol. The highest BCUT2D eigenvalue weighted by Gasteiger charge is 2.22. The summed E-state index contributed by atoms with van der Waals surface area (Å²) in [5.74, 6) is 0.732. The molecule has 2 rings (SSSR count). The van der Waals surface area contributed by atoms with Gasteiger partial charge in [-0.05, 0) is 43.4 Å². The number of aryl methyl sites for hydroxylation is 1. The predicted octanol–water partition coefficient (Wildman–Crippen LogP) is 3.85. The summed E-state index contributed by atoms with van der Waals surface area (Å²) in [6, 6.07) is 9.53. The minimum atomic E-state index is 0.603. The van der Waals surface area contributed by atoms with Crippen LogP contribution in [0.5, 0.6) is 0 Å². The fraction of sp³-hybridized carbons (Fsp3) is 0.667. The number of hydrogen-bond donors (Lipinski definition) is 1. The lowest BCUT2D eigenvalue weighted by Crippen LogP contribution is -2.46. The maximum Gasteiger partial charge on any atom is 0.0399 e. The summed E-state index contributed by atoms with van der Waals surface area (Å²) in [6.07, 6.45) is 4.99. The minimum absolute atomic E-state index is 0.603. The molecule has 1 aromatic carbocycles. The fourth-order valence-corrected chi connectivity index (χ4v) is 3.10. The van der Waals surface area contributed by atoms with Crippen molar-refractivity contribution in [2.24, 2.45) is 5.92 Å². The topological polar surface area (TPSA) is 15.3 Å². The number of fused-ring (bicyclic) bond motifs is 1. The lowest BCUT2D eigenvalue weighted by molar-refractivity contribution is 0.364. The number of hydrogen-bond acceptors (Lipinski definition) is 2. The van der Waals surface area contributed by atoms with Gasteiger partial charge in [0.1, 0.15) is 0 Å². The van der Waals surface area contributed by atoms with Gasteiger partial charge in [0, 0.05) is 24.8 Å². The second kappa shape index (κ2) is 7.68. The first kappa shape index (κ1) is 15.4. The van der Waals surface area contributed by atoms with Crippen LogP contribution in [0.1, 0.15) is 45.6 Å². The molecule has 2 heteroatoms. The molecule has 20 heavy (non-hydrogen) atoms. The average molecular weight is 274 g/mol. The lowest BCUT2D eigenvalue weighted by atomic mass is 9.96. The quantitative estimate of drug-likeness (QED) is 0.812. The standard InChI is InChI=1S/C18H30N2/c1-4-12-19-17(15(3)5-2)14-20-13-8-10-16-9-6-7-11-18(16)20/h6-7,9,11,15,17,19H,4-5,8,10,12-14H2,1-3H3. The molecule has 2 nitrogen and oxygen atoms in total. The van der Waals surface area contributed by atoms with Crippen LogP contribution in [0.2, 0.25) is 0 Å². The second-order valence-electron chi connectivity index (χ2n) is 6.12. The molecule has 0 spiro atoms. The van der Waals surface area contributed by atoms with Crippen molar-refractivity contribution in [1.29, 1.82) is 0 Å². The number of anilines is 1. The number of benzene rings is 1. The third kappa shape index (κ3) is 3.76. The van der Waals surface area contributed by atoms with Crippen molar-refractivity contribution in [2.75, 3.05) is 24.5 Å². The van der Waals surface area contributed by atoms with Crippen molar-refractivity contribution in [3.63, 3.8) is 0 Å². The van der Waals surface area contributed by atoms with Gasteiger partial charge in [0.15, 0.2) is 0 Å². The molecule has 0 saturated carbocycles. The van der Waals surface area contributed by atoms with Crippen molar-refractivity contribution in [1.82, 2.24) is 5.32 Å². The van der Waals surface area contributed by atoms with Gasteiger partial charge in [-0.1, -0.05) is 45.4 Å². The van der Waals surface area contributed by atoms with E-state index in [0.717, 1.165) is 19.0 Å². The van der Waals surface area contributed by atoms with E-state index in [2.05, 4.69) is 55.3 Å². The smallest absolute Gasteiger partial charge is 0.0399 e. The SMILES string of the molecule is CCCNC(CN1CCCc2ccccc21)C(C)CC. The highest BCUT2D eigenvalue weighted by atomic mass is 15.2. The van der Waals surface area contributed by atoms with Gasteiger partial charge >= 0.3 is 0 Å². The molecule has 1 aliphatic rings. The van der Waals surface area contributed by atoms with Gasteiger partial charge in [-0.2, -0.15) is 0 Å². The van der Waals surface area contributed by atoms with E-state index < -0.39 is 0 Å². The molecule has 1 heterocycles. The minimum Gasteiger partial charge on any atom is -0.370 e. The summed E-state index contributed by atoms with van der Waals surface area (Å²) in [7, 11) is 0. The van der Waals surface area contributed by atoms with E-state index in [1.54, 1.807) is 0 Å². The van der Waals surface area contributed by atoms with Crippen LogP contribution in [-0.2, 0) is 6.42 Å². The fourth-order valence-electron chi connectivity index (χ4n) is 3.10. The summed E-state index contributed by atoms with van der Waals surface area (Å²) < 4.78 is 0. The molecule has 0 aliphatic carbocycles. The molecule has 0 bridgehead atoms. The van der Waals surface area contributed by atoms with Crippen molar-refractivity contribution >= 4 is 5.69 Å². The number of nitrogens with one attached hydrogen (secondary N) is 1. The zero-order chi connectivity index (χ0) is 14.4. The van der Waals surface area contributed by atoms with E-state index in [4.69, 9.17) is 0 Å². The zero-order valence-corrected chi connectivity index (χ0v) is 13.4. The molecule has 1 aromatic rings. The summed E-state index contributed by atoms with van der Waals surface area (Å²) in [5, 5.41) is 3.76. The Bertz CT molecular complexity index is 402. The van der Waals surface area contributed by atoms with Gasteiger partial charge in [-0.15, -0.1) is 0 Å².